The average Bonchev–Trinajstić information content (AvgIpc) is 3.18. The number of hydrogen-bond donors (Lipinski definition) is 1. The number of rotatable bonds is 2. The highest BCUT2D eigenvalue weighted by Crippen LogP contribution is 2.55. The second-order valence-electron chi connectivity index (χ2n) is 8.46. The van der Waals surface area contributed by atoms with E-state index in [0.29, 0.717) is 11.6 Å². The maximum atomic E-state index is 13.6. The lowest BCUT2D eigenvalue weighted by Gasteiger charge is -2.38. The van der Waals surface area contributed by atoms with Gasteiger partial charge in [0, 0.05) is 16.6 Å². The topological polar surface area (TPSA) is 53.2 Å². The third-order valence-corrected chi connectivity index (χ3v) is 6.67. The summed E-state index contributed by atoms with van der Waals surface area (Å²) >= 11 is 0. The highest BCUT2D eigenvalue weighted by molar-refractivity contribution is 6.24. The van der Waals surface area contributed by atoms with Crippen LogP contribution in [0.5, 0.6) is 0 Å². The van der Waals surface area contributed by atoms with Crippen LogP contribution in [-0.2, 0) is 9.59 Å². The van der Waals surface area contributed by atoms with Gasteiger partial charge in [-0.15, -0.1) is 0 Å². The van der Waals surface area contributed by atoms with Crippen LogP contribution in [0.25, 0.3) is 10.9 Å². The lowest BCUT2D eigenvalue weighted by atomic mass is 9.63. The molecule has 2 aliphatic rings. The molecule has 1 saturated heterocycles. The Labute approximate surface area is 164 Å². The number of nitrogens with zero attached hydrogens (tertiary/aromatic N) is 1. The smallest absolute Gasteiger partial charge is 0.243 e. The lowest BCUT2D eigenvalue weighted by molar-refractivity contribution is -0.123. The number of para-hydroxylation sites is 2. The molecule has 142 valence electrons. The summed E-state index contributed by atoms with van der Waals surface area (Å²) in [7, 11) is 0. The third kappa shape index (κ3) is 2.17. The quantitative estimate of drug-likeness (QED) is 0.655. The molecule has 1 aromatic heterocycles. The van der Waals surface area contributed by atoms with Crippen LogP contribution in [0.1, 0.15) is 43.9 Å². The van der Waals surface area contributed by atoms with Crippen LogP contribution < -0.4 is 4.90 Å². The van der Waals surface area contributed by atoms with Gasteiger partial charge >= 0.3 is 0 Å². The van der Waals surface area contributed by atoms with Crippen LogP contribution in [0.15, 0.2) is 54.6 Å². The molecule has 2 heterocycles. The molecule has 2 amide bonds. The second-order valence-corrected chi connectivity index (χ2v) is 8.46. The summed E-state index contributed by atoms with van der Waals surface area (Å²) in [4.78, 5) is 32.0. The van der Waals surface area contributed by atoms with Crippen molar-refractivity contribution < 1.29 is 9.59 Å². The number of nitrogens with one attached hydrogen (secondary N) is 1. The summed E-state index contributed by atoms with van der Waals surface area (Å²) in [6.45, 7) is 6.55. The van der Waals surface area contributed by atoms with E-state index < -0.39 is 5.92 Å². The van der Waals surface area contributed by atoms with E-state index in [2.05, 4.69) is 37.9 Å². The number of anilines is 1. The minimum Gasteiger partial charge on any atom is -0.357 e. The minimum absolute atomic E-state index is 0.0592. The molecular formula is C24H24N2O2. The Morgan fingerprint density at radius 1 is 0.929 bits per heavy atom. The Kier molecular flexibility index (Phi) is 3.73. The molecule has 0 radical (unpaired) electrons. The molecule has 4 heteroatoms. The van der Waals surface area contributed by atoms with Crippen molar-refractivity contribution in [3.8, 4) is 0 Å². The van der Waals surface area contributed by atoms with Gasteiger partial charge in [0.25, 0.3) is 0 Å². The predicted molar refractivity (Wildman–Crippen MR) is 110 cm³/mol. The first kappa shape index (κ1) is 17.2. The Morgan fingerprint density at radius 2 is 1.61 bits per heavy atom. The number of aromatic amines is 1. The monoisotopic (exact) mass is 372 g/mol. The van der Waals surface area contributed by atoms with Gasteiger partial charge in [0.05, 0.1) is 17.5 Å². The highest BCUT2D eigenvalue weighted by atomic mass is 16.2. The van der Waals surface area contributed by atoms with Crippen molar-refractivity contribution in [3.63, 3.8) is 0 Å². The number of imide groups is 1. The largest absolute Gasteiger partial charge is 0.357 e. The molecule has 0 spiro atoms. The number of H-pyrrole nitrogens is 1. The first-order chi connectivity index (χ1) is 13.5. The number of carbonyl (C=O) groups excluding carboxylic acids is 2. The Morgan fingerprint density at radius 3 is 2.32 bits per heavy atom. The van der Waals surface area contributed by atoms with Gasteiger partial charge in [-0.2, -0.15) is 0 Å². The van der Waals surface area contributed by atoms with Crippen LogP contribution >= 0.6 is 0 Å². The van der Waals surface area contributed by atoms with Crippen molar-refractivity contribution >= 4 is 28.4 Å². The molecule has 1 fully saturated rings. The molecular weight excluding hydrogens is 348 g/mol. The normalized spacial score (nSPS) is 26.8. The summed E-state index contributed by atoms with van der Waals surface area (Å²) in [5.74, 6) is -0.275. The number of carbonyl (C=O) groups is 2. The summed E-state index contributed by atoms with van der Waals surface area (Å²) in [6.07, 6.45) is 0. The summed E-state index contributed by atoms with van der Waals surface area (Å²) in [5.41, 5.74) is 3.86. The van der Waals surface area contributed by atoms with Gasteiger partial charge in [-0.05, 0) is 41.5 Å². The Balaban J connectivity index is 1.74. The molecule has 28 heavy (non-hydrogen) atoms. The maximum Gasteiger partial charge on any atom is 0.243 e. The number of amides is 2. The molecule has 0 unspecified atom stereocenters. The van der Waals surface area contributed by atoms with Gasteiger partial charge in [0.2, 0.25) is 11.8 Å². The number of benzene rings is 2. The van der Waals surface area contributed by atoms with Crippen LogP contribution in [0.3, 0.4) is 0 Å². The van der Waals surface area contributed by atoms with Crippen molar-refractivity contribution in [2.24, 2.45) is 17.8 Å². The molecule has 2 aromatic carbocycles. The molecule has 1 aliphatic carbocycles. The van der Waals surface area contributed by atoms with Crippen molar-refractivity contribution in [1.29, 1.82) is 0 Å². The molecule has 3 aromatic rings. The van der Waals surface area contributed by atoms with Crippen LogP contribution in [-0.4, -0.2) is 16.8 Å². The Hall–Kier alpha value is -2.88. The molecule has 5 rings (SSSR count). The second kappa shape index (κ2) is 6.06. The van der Waals surface area contributed by atoms with Crippen molar-refractivity contribution in [2.45, 2.75) is 32.6 Å². The van der Waals surface area contributed by atoms with Crippen molar-refractivity contribution in [1.82, 2.24) is 4.98 Å². The van der Waals surface area contributed by atoms with Gasteiger partial charge in [-0.25, -0.2) is 4.90 Å². The fourth-order valence-corrected chi connectivity index (χ4v) is 5.63. The van der Waals surface area contributed by atoms with Gasteiger partial charge in [-0.3, -0.25) is 9.59 Å². The van der Waals surface area contributed by atoms with E-state index in [1.54, 1.807) is 0 Å². The fourth-order valence-electron chi connectivity index (χ4n) is 5.63. The van der Waals surface area contributed by atoms with E-state index in [1.165, 1.54) is 15.8 Å². The molecule has 0 saturated carbocycles. The van der Waals surface area contributed by atoms with E-state index in [0.717, 1.165) is 11.2 Å². The zero-order valence-corrected chi connectivity index (χ0v) is 16.3. The summed E-state index contributed by atoms with van der Waals surface area (Å²) in [6, 6.07) is 17.5. The zero-order valence-electron chi connectivity index (χ0n) is 16.3. The minimum atomic E-state index is -0.432. The molecule has 4 atom stereocenters. The van der Waals surface area contributed by atoms with E-state index in [9.17, 15) is 9.59 Å². The Bertz CT molecular complexity index is 1080. The highest BCUT2D eigenvalue weighted by Gasteiger charge is 2.58. The van der Waals surface area contributed by atoms with Gasteiger partial charge in [0.1, 0.15) is 0 Å². The van der Waals surface area contributed by atoms with E-state index >= 15 is 0 Å². The van der Waals surface area contributed by atoms with Crippen molar-refractivity contribution in [2.75, 3.05) is 4.90 Å². The van der Waals surface area contributed by atoms with Crippen LogP contribution in [0, 0.1) is 17.8 Å². The van der Waals surface area contributed by atoms with Crippen molar-refractivity contribution in [3.05, 3.63) is 65.9 Å². The first-order valence-corrected chi connectivity index (χ1v) is 10.0. The molecule has 1 aliphatic heterocycles. The van der Waals surface area contributed by atoms with Gasteiger partial charge in [0.15, 0.2) is 0 Å². The van der Waals surface area contributed by atoms with E-state index in [1.807, 2.05) is 42.5 Å². The van der Waals surface area contributed by atoms with Gasteiger partial charge < -0.3 is 4.98 Å². The lowest BCUT2D eigenvalue weighted by Crippen LogP contribution is -2.37. The van der Waals surface area contributed by atoms with E-state index in [-0.39, 0.29) is 29.6 Å². The standard InChI is InChI=1S/C24H24N2O2/c1-13(2)18-14(3)19-16-11-7-8-12-17(16)25-22(19)21-20(18)23(27)26(24(21)28)15-9-5-4-6-10-15/h4-14,18,20-21,25H,1-3H3/t14-,18+,20+,21+/m0/s1. The number of fused-ring (bicyclic) bond motifs is 5. The number of aromatic nitrogens is 1. The third-order valence-electron chi connectivity index (χ3n) is 6.67. The SMILES string of the molecule is CC(C)[C@H]1[C@H]2C(=O)N(c3ccccc3)C(=O)[C@H]2c2[nH]c3ccccc3c2[C@H]1C. The molecule has 0 bridgehead atoms. The van der Waals surface area contributed by atoms with Gasteiger partial charge in [-0.1, -0.05) is 57.2 Å². The van der Waals surface area contributed by atoms with Crippen LogP contribution in [0.2, 0.25) is 0 Å². The fraction of sp³-hybridized carbons (Fsp3) is 0.333. The number of hydrogen-bond acceptors (Lipinski definition) is 2. The summed E-state index contributed by atoms with van der Waals surface area (Å²) < 4.78 is 0. The van der Waals surface area contributed by atoms with Crippen LogP contribution in [0.4, 0.5) is 5.69 Å². The maximum absolute atomic E-state index is 13.6. The first-order valence-electron chi connectivity index (χ1n) is 10.0. The molecule has 4 nitrogen and oxygen atoms in total. The molecule has 1 N–H and O–H groups in total. The zero-order chi connectivity index (χ0) is 19.6. The predicted octanol–water partition coefficient (Wildman–Crippen LogP) is 4.83. The average molecular weight is 372 g/mol. The van der Waals surface area contributed by atoms with E-state index in [4.69, 9.17) is 0 Å². The summed E-state index contributed by atoms with van der Waals surface area (Å²) in [5, 5.41) is 1.17.